The number of nitrogen functional groups attached to an aromatic ring is 1. The first-order valence-corrected chi connectivity index (χ1v) is 7.06. The third-order valence-electron chi connectivity index (χ3n) is 3.35. The Kier molecular flexibility index (Phi) is 4.53. The summed E-state index contributed by atoms with van der Waals surface area (Å²) in [5, 5.41) is 4.83. The Morgan fingerprint density at radius 2 is 2.19 bits per heavy atom. The number of halogens is 1. The third kappa shape index (κ3) is 3.03. The van der Waals surface area contributed by atoms with E-state index in [2.05, 4.69) is 5.10 Å². The zero-order valence-electron chi connectivity index (χ0n) is 12.3. The van der Waals surface area contributed by atoms with Crippen molar-refractivity contribution >= 4 is 23.3 Å². The largest absolute Gasteiger partial charge is 0.455 e. The number of carbonyl (C=O) groups excluding carboxylic acids is 1. The molecule has 0 fully saturated rings. The van der Waals surface area contributed by atoms with Gasteiger partial charge in [-0.15, -0.1) is 0 Å². The number of hydrogen-bond acceptors (Lipinski definition) is 4. The normalized spacial score (nSPS) is 10.7. The lowest BCUT2D eigenvalue weighted by atomic mass is 10.1. The predicted octanol–water partition coefficient (Wildman–Crippen LogP) is 2.88. The molecule has 0 aliphatic heterocycles. The molecule has 6 heteroatoms. The lowest BCUT2D eigenvalue weighted by molar-refractivity contribution is 0.0464. The van der Waals surface area contributed by atoms with Crippen molar-refractivity contribution < 1.29 is 9.53 Å². The van der Waals surface area contributed by atoms with Gasteiger partial charge in [-0.1, -0.05) is 30.7 Å². The van der Waals surface area contributed by atoms with Gasteiger partial charge in [-0.2, -0.15) is 5.10 Å². The molecule has 0 aliphatic rings. The lowest BCUT2D eigenvalue weighted by Crippen LogP contribution is -2.11. The Hall–Kier alpha value is -2.01. The van der Waals surface area contributed by atoms with Gasteiger partial charge in [0, 0.05) is 12.7 Å². The minimum atomic E-state index is -0.457. The molecule has 2 rings (SSSR count). The zero-order valence-corrected chi connectivity index (χ0v) is 13.1. The standard InChI is InChI=1S/C15H18ClN3O2/c1-4-11-14(16)12(19(3)18-11)8-21-15(20)13-9(2)6-5-7-10(13)17/h5-7H,4,8,17H2,1-3H3. The summed E-state index contributed by atoms with van der Waals surface area (Å²) < 4.78 is 6.97. The lowest BCUT2D eigenvalue weighted by Gasteiger charge is -2.10. The number of aryl methyl sites for hydroxylation is 3. The van der Waals surface area contributed by atoms with E-state index in [9.17, 15) is 4.79 Å². The Bertz CT molecular complexity index is 660. The maximum Gasteiger partial charge on any atom is 0.340 e. The molecule has 0 radical (unpaired) electrons. The number of aromatic nitrogens is 2. The predicted molar refractivity (Wildman–Crippen MR) is 82.3 cm³/mol. The van der Waals surface area contributed by atoms with Gasteiger partial charge < -0.3 is 10.5 Å². The van der Waals surface area contributed by atoms with Crippen molar-refractivity contribution in [2.24, 2.45) is 7.05 Å². The van der Waals surface area contributed by atoms with Crippen LogP contribution in [0.25, 0.3) is 0 Å². The van der Waals surface area contributed by atoms with Crippen molar-refractivity contribution in [2.75, 3.05) is 5.73 Å². The second-order valence-electron chi connectivity index (χ2n) is 4.80. The molecule has 112 valence electrons. The molecular weight excluding hydrogens is 290 g/mol. The molecule has 0 saturated carbocycles. The molecule has 1 heterocycles. The first-order valence-electron chi connectivity index (χ1n) is 6.68. The summed E-state index contributed by atoms with van der Waals surface area (Å²) in [5.41, 5.74) is 8.88. The van der Waals surface area contributed by atoms with E-state index in [0.29, 0.717) is 22.0 Å². The molecule has 1 aromatic carbocycles. The van der Waals surface area contributed by atoms with Gasteiger partial charge in [-0.3, -0.25) is 4.68 Å². The monoisotopic (exact) mass is 307 g/mol. The van der Waals surface area contributed by atoms with E-state index in [0.717, 1.165) is 17.7 Å². The van der Waals surface area contributed by atoms with Crippen molar-refractivity contribution in [3.05, 3.63) is 45.7 Å². The summed E-state index contributed by atoms with van der Waals surface area (Å²) in [6.07, 6.45) is 0.728. The number of carbonyl (C=O) groups is 1. The fraction of sp³-hybridized carbons (Fsp3) is 0.333. The molecule has 2 aromatic rings. The zero-order chi connectivity index (χ0) is 15.6. The van der Waals surface area contributed by atoms with Crippen molar-refractivity contribution in [1.29, 1.82) is 0 Å². The highest BCUT2D eigenvalue weighted by molar-refractivity contribution is 6.31. The van der Waals surface area contributed by atoms with Crippen LogP contribution in [-0.2, 0) is 24.8 Å². The maximum absolute atomic E-state index is 12.2. The average molecular weight is 308 g/mol. The minimum absolute atomic E-state index is 0.0644. The average Bonchev–Trinajstić information content (AvgIpc) is 2.71. The van der Waals surface area contributed by atoms with Crippen LogP contribution in [0.5, 0.6) is 0 Å². The number of anilines is 1. The Morgan fingerprint density at radius 3 is 2.76 bits per heavy atom. The van der Waals surface area contributed by atoms with Gasteiger partial charge in [0.15, 0.2) is 0 Å². The number of nitrogens with two attached hydrogens (primary N) is 1. The van der Waals surface area contributed by atoms with E-state index in [1.807, 2.05) is 19.9 Å². The molecule has 1 aromatic heterocycles. The van der Waals surface area contributed by atoms with Crippen LogP contribution in [0.1, 0.15) is 34.2 Å². The van der Waals surface area contributed by atoms with Crippen LogP contribution in [-0.4, -0.2) is 15.7 Å². The van der Waals surface area contributed by atoms with Crippen LogP contribution in [0.3, 0.4) is 0 Å². The highest BCUT2D eigenvalue weighted by atomic mass is 35.5. The topological polar surface area (TPSA) is 70.1 Å². The SMILES string of the molecule is CCc1nn(C)c(COC(=O)c2c(C)cccc2N)c1Cl. The van der Waals surface area contributed by atoms with Crippen LogP contribution < -0.4 is 5.73 Å². The summed E-state index contributed by atoms with van der Waals surface area (Å²) in [6.45, 7) is 3.85. The van der Waals surface area contributed by atoms with Gasteiger partial charge >= 0.3 is 5.97 Å². The molecule has 0 aliphatic carbocycles. The summed E-state index contributed by atoms with van der Waals surface area (Å²) in [5.74, 6) is -0.457. The molecule has 0 saturated heterocycles. The first-order chi connectivity index (χ1) is 9.95. The van der Waals surface area contributed by atoms with Crippen LogP contribution in [0.4, 0.5) is 5.69 Å². The van der Waals surface area contributed by atoms with Gasteiger partial charge in [-0.05, 0) is 25.0 Å². The third-order valence-corrected chi connectivity index (χ3v) is 3.79. The van der Waals surface area contributed by atoms with E-state index in [1.165, 1.54) is 0 Å². The van der Waals surface area contributed by atoms with Gasteiger partial charge in [-0.25, -0.2) is 4.79 Å². The highest BCUT2D eigenvalue weighted by Gasteiger charge is 2.18. The maximum atomic E-state index is 12.2. The number of nitrogens with zero attached hydrogens (tertiary/aromatic N) is 2. The van der Waals surface area contributed by atoms with Crippen LogP contribution in [0.15, 0.2) is 18.2 Å². The Morgan fingerprint density at radius 1 is 1.48 bits per heavy atom. The summed E-state index contributed by atoms with van der Waals surface area (Å²) >= 11 is 6.22. The fourth-order valence-corrected chi connectivity index (χ4v) is 2.50. The number of rotatable bonds is 4. The van der Waals surface area contributed by atoms with Crippen LogP contribution in [0.2, 0.25) is 5.02 Å². The molecule has 2 N–H and O–H groups in total. The van der Waals surface area contributed by atoms with Crippen molar-refractivity contribution in [1.82, 2.24) is 9.78 Å². The fourth-order valence-electron chi connectivity index (χ4n) is 2.15. The smallest absolute Gasteiger partial charge is 0.340 e. The quantitative estimate of drug-likeness (QED) is 0.696. The molecule has 0 unspecified atom stereocenters. The van der Waals surface area contributed by atoms with Gasteiger partial charge in [0.05, 0.1) is 22.0 Å². The Labute approximate surface area is 128 Å². The second kappa shape index (κ2) is 6.18. The van der Waals surface area contributed by atoms with Crippen molar-refractivity contribution in [3.63, 3.8) is 0 Å². The van der Waals surface area contributed by atoms with Crippen molar-refractivity contribution in [2.45, 2.75) is 26.9 Å². The van der Waals surface area contributed by atoms with E-state index in [1.54, 1.807) is 23.9 Å². The highest BCUT2D eigenvalue weighted by Crippen LogP contribution is 2.23. The van der Waals surface area contributed by atoms with E-state index in [4.69, 9.17) is 22.1 Å². The second-order valence-corrected chi connectivity index (χ2v) is 5.18. The Balaban J connectivity index is 2.17. The molecular formula is C15H18ClN3O2. The molecule has 21 heavy (non-hydrogen) atoms. The van der Waals surface area contributed by atoms with Crippen molar-refractivity contribution in [3.8, 4) is 0 Å². The summed E-state index contributed by atoms with van der Waals surface area (Å²) in [6, 6.07) is 5.29. The number of ether oxygens (including phenoxy) is 1. The number of benzene rings is 1. The number of esters is 1. The summed E-state index contributed by atoms with van der Waals surface area (Å²) in [7, 11) is 1.77. The molecule has 0 bridgehead atoms. The van der Waals surface area contributed by atoms with Gasteiger partial charge in [0.2, 0.25) is 0 Å². The molecule has 5 nitrogen and oxygen atoms in total. The van der Waals surface area contributed by atoms with Gasteiger partial charge in [0.1, 0.15) is 6.61 Å². The minimum Gasteiger partial charge on any atom is -0.455 e. The molecule has 0 spiro atoms. The van der Waals surface area contributed by atoms with E-state index < -0.39 is 5.97 Å². The number of hydrogen-bond donors (Lipinski definition) is 1. The van der Waals surface area contributed by atoms with Crippen LogP contribution >= 0.6 is 11.6 Å². The van der Waals surface area contributed by atoms with E-state index >= 15 is 0 Å². The molecule has 0 amide bonds. The summed E-state index contributed by atoms with van der Waals surface area (Å²) in [4.78, 5) is 12.2. The van der Waals surface area contributed by atoms with E-state index in [-0.39, 0.29) is 6.61 Å². The first kappa shape index (κ1) is 15.4. The molecule has 0 atom stereocenters. The van der Waals surface area contributed by atoms with Gasteiger partial charge in [0.25, 0.3) is 0 Å². The van der Waals surface area contributed by atoms with Crippen LogP contribution in [0, 0.1) is 6.92 Å².